The minimum absolute atomic E-state index is 0.0150. The van der Waals surface area contributed by atoms with E-state index in [0.29, 0.717) is 40.4 Å². The highest BCUT2D eigenvalue weighted by molar-refractivity contribution is 7.90. The van der Waals surface area contributed by atoms with E-state index in [1.807, 2.05) is 4.90 Å². The Labute approximate surface area is 221 Å². The van der Waals surface area contributed by atoms with E-state index in [1.165, 1.54) is 6.07 Å². The summed E-state index contributed by atoms with van der Waals surface area (Å²) >= 11 is 6.61. The van der Waals surface area contributed by atoms with Crippen LogP contribution in [0.5, 0.6) is 0 Å². The van der Waals surface area contributed by atoms with E-state index in [9.17, 15) is 22.8 Å². The van der Waals surface area contributed by atoms with E-state index >= 15 is 0 Å². The Morgan fingerprint density at radius 2 is 1.68 bits per heavy atom. The third-order valence-corrected chi connectivity index (χ3v) is 9.12. The van der Waals surface area contributed by atoms with Gasteiger partial charge in [0.2, 0.25) is 0 Å². The van der Waals surface area contributed by atoms with Gasteiger partial charge in [0.1, 0.15) is 5.92 Å². The zero-order chi connectivity index (χ0) is 26.5. The first-order valence-electron chi connectivity index (χ1n) is 12.4. The molecule has 0 radical (unpaired) electrons. The number of carbonyl (C=O) groups is 3. The molecule has 10 heteroatoms. The van der Waals surface area contributed by atoms with Crippen molar-refractivity contribution < 1.29 is 27.5 Å². The maximum absolute atomic E-state index is 13.6. The molecule has 3 heterocycles. The molecule has 0 saturated carbocycles. The molecule has 1 unspecified atom stereocenters. The molecule has 3 aliphatic rings. The number of sulfone groups is 1. The van der Waals surface area contributed by atoms with Crippen molar-refractivity contribution in [2.75, 3.05) is 32.4 Å². The van der Waals surface area contributed by atoms with Crippen LogP contribution >= 0.6 is 11.6 Å². The molecule has 196 valence electrons. The average molecular weight is 545 g/mol. The number of carbonyl (C=O) groups excluding carboxylic acids is 3. The van der Waals surface area contributed by atoms with E-state index < -0.39 is 27.3 Å². The summed E-state index contributed by atoms with van der Waals surface area (Å²) in [7, 11) is -3.40. The first kappa shape index (κ1) is 25.7. The number of aryl methyl sites for hydroxylation is 1. The predicted molar refractivity (Wildman–Crippen MR) is 138 cm³/mol. The second kappa shape index (κ2) is 9.44. The standard InChI is InChI=1S/C27H29ClN2O6S/c1-17-14-21(18-6-5-7-19(15-18)37(2,34)35)22(28)16-20(17)23-24(31)27(36-25(23)32)8-12-30(13-9-27)26(33)29-10-3-4-11-29/h5-7,14-16,23H,3-4,8-13H2,1-2H3. The molecule has 3 aliphatic heterocycles. The number of ketones is 1. The van der Waals surface area contributed by atoms with Crippen LogP contribution in [-0.2, 0) is 24.2 Å². The Morgan fingerprint density at radius 3 is 2.32 bits per heavy atom. The van der Waals surface area contributed by atoms with Gasteiger partial charge in [-0.3, -0.25) is 9.59 Å². The normalized spacial score (nSPS) is 21.5. The number of ether oxygens (including phenoxy) is 1. The predicted octanol–water partition coefficient (Wildman–Crippen LogP) is 3.98. The number of halogens is 1. The molecule has 1 atom stereocenters. The van der Waals surface area contributed by atoms with Gasteiger partial charge in [-0.15, -0.1) is 0 Å². The molecule has 2 aromatic carbocycles. The highest BCUT2D eigenvalue weighted by atomic mass is 35.5. The Morgan fingerprint density at radius 1 is 1.03 bits per heavy atom. The number of amides is 2. The van der Waals surface area contributed by atoms with Crippen molar-refractivity contribution >= 4 is 39.2 Å². The maximum atomic E-state index is 13.6. The van der Waals surface area contributed by atoms with E-state index in [4.69, 9.17) is 16.3 Å². The Bertz CT molecular complexity index is 1390. The number of benzene rings is 2. The number of hydrogen-bond acceptors (Lipinski definition) is 6. The van der Waals surface area contributed by atoms with E-state index in [1.54, 1.807) is 42.2 Å². The van der Waals surface area contributed by atoms with Gasteiger partial charge in [0.05, 0.1) is 4.90 Å². The second-order valence-electron chi connectivity index (χ2n) is 10.2. The van der Waals surface area contributed by atoms with E-state index in [-0.39, 0.29) is 29.6 Å². The first-order valence-corrected chi connectivity index (χ1v) is 14.7. The fraction of sp³-hybridized carbons (Fsp3) is 0.444. The Hall–Kier alpha value is -2.91. The fourth-order valence-electron chi connectivity index (χ4n) is 5.58. The topological polar surface area (TPSA) is 101 Å². The maximum Gasteiger partial charge on any atom is 0.322 e. The highest BCUT2D eigenvalue weighted by Crippen LogP contribution is 2.43. The lowest BCUT2D eigenvalue weighted by Gasteiger charge is -2.38. The van der Waals surface area contributed by atoms with Gasteiger partial charge in [0.15, 0.2) is 21.2 Å². The quantitative estimate of drug-likeness (QED) is 0.428. The molecule has 0 N–H and O–H groups in total. The minimum Gasteiger partial charge on any atom is -0.450 e. The molecular formula is C27H29ClN2O6S. The lowest BCUT2D eigenvalue weighted by Crippen LogP contribution is -2.53. The molecule has 37 heavy (non-hydrogen) atoms. The van der Waals surface area contributed by atoms with Crippen LogP contribution in [0.1, 0.15) is 42.7 Å². The van der Waals surface area contributed by atoms with Crippen LogP contribution < -0.4 is 0 Å². The number of Topliss-reactive ketones (excluding diaryl/α,β-unsaturated/α-hetero) is 1. The molecule has 2 amide bonds. The average Bonchev–Trinajstić information content (AvgIpc) is 3.47. The fourth-order valence-corrected chi connectivity index (χ4v) is 6.53. The van der Waals surface area contributed by atoms with Gasteiger partial charge >= 0.3 is 12.0 Å². The van der Waals surface area contributed by atoms with Crippen LogP contribution in [0.3, 0.4) is 0 Å². The van der Waals surface area contributed by atoms with Crippen molar-refractivity contribution in [3.8, 4) is 11.1 Å². The van der Waals surface area contributed by atoms with Gasteiger partial charge in [-0.2, -0.15) is 0 Å². The van der Waals surface area contributed by atoms with E-state index in [0.717, 1.165) is 32.2 Å². The van der Waals surface area contributed by atoms with Crippen LogP contribution in [0.15, 0.2) is 41.3 Å². The van der Waals surface area contributed by atoms with Gasteiger partial charge < -0.3 is 14.5 Å². The number of likely N-dealkylation sites (tertiary alicyclic amines) is 2. The third-order valence-electron chi connectivity index (χ3n) is 7.70. The summed E-state index contributed by atoms with van der Waals surface area (Å²) in [6, 6.07) is 9.83. The van der Waals surface area contributed by atoms with Gasteiger partial charge in [-0.25, -0.2) is 13.2 Å². The molecule has 1 spiro atoms. The van der Waals surface area contributed by atoms with Crippen LogP contribution in [-0.4, -0.2) is 74.0 Å². The molecule has 3 saturated heterocycles. The molecule has 2 aromatic rings. The van der Waals surface area contributed by atoms with Crippen molar-refractivity contribution in [1.29, 1.82) is 0 Å². The summed E-state index contributed by atoms with van der Waals surface area (Å²) < 4.78 is 29.7. The third kappa shape index (κ3) is 4.63. The van der Waals surface area contributed by atoms with Crippen LogP contribution in [0.2, 0.25) is 5.02 Å². The van der Waals surface area contributed by atoms with Crippen LogP contribution in [0.25, 0.3) is 11.1 Å². The monoisotopic (exact) mass is 544 g/mol. The Balaban J connectivity index is 1.38. The number of piperidine rings is 1. The number of esters is 1. The first-order chi connectivity index (χ1) is 17.5. The molecule has 0 bridgehead atoms. The van der Waals surface area contributed by atoms with Gasteiger partial charge in [0, 0.05) is 55.9 Å². The number of nitrogens with zero attached hydrogens (tertiary/aromatic N) is 2. The molecule has 8 nitrogen and oxygen atoms in total. The summed E-state index contributed by atoms with van der Waals surface area (Å²) in [5.74, 6) is -1.98. The van der Waals surface area contributed by atoms with Crippen LogP contribution in [0, 0.1) is 6.92 Å². The Kier molecular flexibility index (Phi) is 6.56. The van der Waals surface area contributed by atoms with E-state index in [2.05, 4.69) is 0 Å². The minimum atomic E-state index is -3.40. The van der Waals surface area contributed by atoms with Crippen molar-refractivity contribution in [3.63, 3.8) is 0 Å². The van der Waals surface area contributed by atoms with Crippen molar-refractivity contribution in [3.05, 3.63) is 52.5 Å². The summed E-state index contributed by atoms with van der Waals surface area (Å²) in [5.41, 5.74) is 1.16. The summed E-state index contributed by atoms with van der Waals surface area (Å²) in [6.07, 6.45) is 3.70. The van der Waals surface area contributed by atoms with Crippen molar-refractivity contribution in [2.24, 2.45) is 0 Å². The molecule has 0 aromatic heterocycles. The van der Waals surface area contributed by atoms with Gasteiger partial charge in [0.25, 0.3) is 0 Å². The SMILES string of the molecule is Cc1cc(-c2cccc(S(C)(=O)=O)c2)c(Cl)cc1C1C(=O)OC2(CCN(C(=O)N3CCCC3)CC2)C1=O. The van der Waals surface area contributed by atoms with Crippen LogP contribution in [0.4, 0.5) is 4.79 Å². The summed E-state index contributed by atoms with van der Waals surface area (Å²) in [5, 5.41) is 0.304. The van der Waals surface area contributed by atoms with Crippen molar-refractivity contribution in [2.45, 2.75) is 49.0 Å². The van der Waals surface area contributed by atoms with Crippen molar-refractivity contribution in [1.82, 2.24) is 9.80 Å². The zero-order valence-corrected chi connectivity index (χ0v) is 22.4. The molecule has 5 rings (SSSR count). The largest absolute Gasteiger partial charge is 0.450 e. The summed E-state index contributed by atoms with van der Waals surface area (Å²) in [6.45, 7) is 4.02. The number of rotatable bonds is 3. The highest BCUT2D eigenvalue weighted by Gasteiger charge is 2.57. The van der Waals surface area contributed by atoms with Gasteiger partial charge in [-0.05, 0) is 60.7 Å². The molecule has 0 aliphatic carbocycles. The number of hydrogen-bond donors (Lipinski definition) is 0. The lowest BCUT2D eigenvalue weighted by molar-refractivity contribution is -0.155. The lowest BCUT2D eigenvalue weighted by atomic mass is 9.80. The number of urea groups is 1. The second-order valence-corrected chi connectivity index (χ2v) is 12.6. The summed E-state index contributed by atoms with van der Waals surface area (Å²) in [4.78, 5) is 43.2. The molecular weight excluding hydrogens is 516 g/mol. The smallest absolute Gasteiger partial charge is 0.322 e. The molecule has 3 fully saturated rings. The zero-order valence-electron chi connectivity index (χ0n) is 20.8. The van der Waals surface area contributed by atoms with Gasteiger partial charge in [-0.1, -0.05) is 23.7 Å².